The van der Waals surface area contributed by atoms with Crippen LogP contribution < -0.4 is 10.1 Å². The predicted octanol–water partition coefficient (Wildman–Crippen LogP) is 3.68. The summed E-state index contributed by atoms with van der Waals surface area (Å²) in [6, 6.07) is 17.8. The van der Waals surface area contributed by atoms with Gasteiger partial charge in [-0.1, -0.05) is 30.3 Å². The largest absolute Gasteiger partial charge is 0.494 e. The molecule has 6 nitrogen and oxygen atoms in total. The SMILES string of the molecule is COc1cc(Nc2ccc3nnc(-c4ccccc4)n3n2)ccc1F. The third-order valence-electron chi connectivity index (χ3n) is 3.72. The molecule has 0 aliphatic carbocycles. The molecule has 4 aromatic rings. The van der Waals surface area contributed by atoms with Crippen LogP contribution in [0.1, 0.15) is 0 Å². The van der Waals surface area contributed by atoms with Crippen molar-refractivity contribution in [1.29, 1.82) is 0 Å². The second-order valence-corrected chi connectivity index (χ2v) is 5.35. The van der Waals surface area contributed by atoms with Crippen molar-refractivity contribution in [2.45, 2.75) is 0 Å². The molecular formula is C18H14FN5O. The van der Waals surface area contributed by atoms with E-state index in [1.807, 2.05) is 36.4 Å². The maximum Gasteiger partial charge on any atom is 0.185 e. The molecule has 7 heteroatoms. The number of anilines is 2. The van der Waals surface area contributed by atoms with E-state index in [0.29, 0.717) is 23.0 Å². The smallest absolute Gasteiger partial charge is 0.185 e. The highest BCUT2D eigenvalue weighted by molar-refractivity contribution is 5.62. The first-order valence-electron chi connectivity index (χ1n) is 7.63. The van der Waals surface area contributed by atoms with Crippen LogP contribution in [-0.4, -0.2) is 26.9 Å². The van der Waals surface area contributed by atoms with Gasteiger partial charge in [-0.2, -0.15) is 4.52 Å². The molecule has 1 N–H and O–H groups in total. The number of hydrogen-bond acceptors (Lipinski definition) is 5. The molecule has 0 amide bonds. The predicted molar refractivity (Wildman–Crippen MR) is 92.5 cm³/mol. The Morgan fingerprint density at radius 3 is 2.64 bits per heavy atom. The van der Waals surface area contributed by atoms with Gasteiger partial charge in [0.25, 0.3) is 0 Å². The van der Waals surface area contributed by atoms with E-state index in [2.05, 4.69) is 20.6 Å². The molecule has 0 spiro atoms. The average Bonchev–Trinajstić information content (AvgIpc) is 3.07. The summed E-state index contributed by atoms with van der Waals surface area (Å²) < 4.78 is 20.2. The van der Waals surface area contributed by atoms with Crippen molar-refractivity contribution in [2.75, 3.05) is 12.4 Å². The number of aromatic nitrogens is 4. The van der Waals surface area contributed by atoms with Crippen LogP contribution >= 0.6 is 0 Å². The maximum absolute atomic E-state index is 13.5. The molecule has 25 heavy (non-hydrogen) atoms. The maximum atomic E-state index is 13.5. The van der Waals surface area contributed by atoms with E-state index in [4.69, 9.17) is 4.74 Å². The van der Waals surface area contributed by atoms with Crippen molar-refractivity contribution in [3.8, 4) is 17.1 Å². The number of halogens is 1. The Balaban J connectivity index is 1.72. The summed E-state index contributed by atoms with van der Waals surface area (Å²) in [6.07, 6.45) is 0. The summed E-state index contributed by atoms with van der Waals surface area (Å²) in [5, 5.41) is 16.0. The summed E-state index contributed by atoms with van der Waals surface area (Å²) in [6.45, 7) is 0. The molecule has 0 saturated heterocycles. The standard InChI is InChI=1S/C18H14FN5O/c1-25-15-11-13(7-8-14(15)19)20-16-9-10-17-21-22-18(24(17)23-16)12-5-3-2-4-6-12/h2-11H,1H3,(H,20,23). The van der Waals surface area contributed by atoms with Gasteiger partial charge in [0.15, 0.2) is 28.9 Å². The Bertz CT molecular complexity index is 1030. The van der Waals surface area contributed by atoms with Crippen molar-refractivity contribution in [1.82, 2.24) is 19.8 Å². The third-order valence-corrected chi connectivity index (χ3v) is 3.72. The quantitative estimate of drug-likeness (QED) is 0.616. The van der Waals surface area contributed by atoms with Gasteiger partial charge in [0.05, 0.1) is 7.11 Å². The van der Waals surface area contributed by atoms with Crippen molar-refractivity contribution >= 4 is 17.2 Å². The zero-order valence-electron chi connectivity index (χ0n) is 13.3. The number of rotatable bonds is 4. The molecule has 2 heterocycles. The number of methoxy groups -OCH3 is 1. The molecule has 4 rings (SSSR count). The number of ether oxygens (including phenoxy) is 1. The lowest BCUT2D eigenvalue weighted by atomic mass is 10.2. The second-order valence-electron chi connectivity index (χ2n) is 5.35. The number of hydrogen-bond donors (Lipinski definition) is 1. The zero-order chi connectivity index (χ0) is 17.2. The fourth-order valence-corrected chi connectivity index (χ4v) is 2.51. The minimum Gasteiger partial charge on any atom is -0.494 e. The fraction of sp³-hybridized carbons (Fsp3) is 0.0556. The van der Waals surface area contributed by atoms with Gasteiger partial charge >= 0.3 is 0 Å². The van der Waals surface area contributed by atoms with Crippen molar-refractivity contribution in [3.63, 3.8) is 0 Å². The molecule has 0 bridgehead atoms. The first kappa shape index (κ1) is 15.1. The Morgan fingerprint density at radius 1 is 1.00 bits per heavy atom. The minimum atomic E-state index is -0.415. The normalized spacial score (nSPS) is 10.8. The first-order chi connectivity index (χ1) is 12.2. The van der Waals surface area contributed by atoms with Crippen LogP contribution in [0.5, 0.6) is 5.75 Å². The Labute approximate surface area is 142 Å². The van der Waals surface area contributed by atoms with Gasteiger partial charge in [-0.15, -0.1) is 15.3 Å². The lowest BCUT2D eigenvalue weighted by Crippen LogP contribution is -2.01. The molecular weight excluding hydrogens is 321 g/mol. The van der Waals surface area contributed by atoms with Gasteiger partial charge in [0.1, 0.15) is 0 Å². The van der Waals surface area contributed by atoms with Gasteiger partial charge in [-0.05, 0) is 24.3 Å². The molecule has 0 atom stereocenters. The van der Waals surface area contributed by atoms with Crippen LogP contribution in [0.2, 0.25) is 0 Å². The van der Waals surface area contributed by atoms with E-state index in [-0.39, 0.29) is 5.75 Å². The molecule has 0 radical (unpaired) electrons. The Hall–Kier alpha value is -3.48. The summed E-state index contributed by atoms with van der Waals surface area (Å²) >= 11 is 0. The molecule has 0 saturated carbocycles. The summed E-state index contributed by atoms with van der Waals surface area (Å²) in [5.41, 5.74) is 2.23. The lowest BCUT2D eigenvalue weighted by molar-refractivity contribution is 0.387. The van der Waals surface area contributed by atoms with Crippen LogP contribution in [0.15, 0.2) is 60.7 Å². The molecule has 0 aliphatic heterocycles. The first-order valence-corrected chi connectivity index (χ1v) is 7.63. The van der Waals surface area contributed by atoms with Crippen LogP contribution in [0.4, 0.5) is 15.9 Å². The fourth-order valence-electron chi connectivity index (χ4n) is 2.51. The van der Waals surface area contributed by atoms with Crippen molar-refractivity contribution in [3.05, 3.63) is 66.5 Å². The summed E-state index contributed by atoms with van der Waals surface area (Å²) in [4.78, 5) is 0. The van der Waals surface area contributed by atoms with Gasteiger partial charge in [-0.3, -0.25) is 0 Å². The van der Waals surface area contributed by atoms with Crippen molar-refractivity contribution in [2.24, 2.45) is 0 Å². The van der Waals surface area contributed by atoms with Crippen LogP contribution in [0.3, 0.4) is 0 Å². The monoisotopic (exact) mass is 335 g/mol. The topological polar surface area (TPSA) is 64.3 Å². The number of nitrogens with zero attached hydrogens (tertiary/aromatic N) is 4. The molecule has 2 aromatic carbocycles. The van der Waals surface area contributed by atoms with Gasteiger partial charge in [0, 0.05) is 17.3 Å². The molecule has 0 fully saturated rings. The molecule has 0 unspecified atom stereocenters. The highest BCUT2D eigenvalue weighted by Crippen LogP contribution is 2.24. The van der Waals surface area contributed by atoms with E-state index in [0.717, 1.165) is 5.56 Å². The average molecular weight is 335 g/mol. The number of fused-ring (bicyclic) bond motifs is 1. The number of benzene rings is 2. The van der Waals surface area contributed by atoms with Gasteiger partial charge in [-0.25, -0.2) is 4.39 Å². The third kappa shape index (κ3) is 2.87. The Morgan fingerprint density at radius 2 is 1.84 bits per heavy atom. The van der Waals surface area contributed by atoms with Crippen LogP contribution in [0.25, 0.3) is 17.0 Å². The minimum absolute atomic E-state index is 0.167. The number of nitrogens with one attached hydrogen (secondary N) is 1. The highest BCUT2D eigenvalue weighted by atomic mass is 19.1. The highest BCUT2D eigenvalue weighted by Gasteiger charge is 2.10. The Kier molecular flexibility index (Phi) is 3.74. The van der Waals surface area contributed by atoms with E-state index in [1.54, 1.807) is 22.7 Å². The van der Waals surface area contributed by atoms with Crippen LogP contribution in [0, 0.1) is 5.82 Å². The molecule has 124 valence electrons. The van der Waals surface area contributed by atoms with Gasteiger partial charge in [0.2, 0.25) is 0 Å². The van der Waals surface area contributed by atoms with E-state index in [9.17, 15) is 4.39 Å². The summed E-state index contributed by atoms with van der Waals surface area (Å²) in [5.74, 6) is 0.982. The molecule has 2 aromatic heterocycles. The van der Waals surface area contributed by atoms with Gasteiger partial charge < -0.3 is 10.1 Å². The van der Waals surface area contributed by atoms with Crippen molar-refractivity contribution < 1.29 is 9.13 Å². The molecule has 0 aliphatic rings. The summed E-state index contributed by atoms with van der Waals surface area (Å²) in [7, 11) is 1.43. The van der Waals surface area contributed by atoms with Crippen LogP contribution in [-0.2, 0) is 0 Å². The van der Waals surface area contributed by atoms with E-state index in [1.165, 1.54) is 13.2 Å². The zero-order valence-corrected chi connectivity index (χ0v) is 13.3. The van der Waals surface area contributed by atoms with E-state index >= 15 is 0 Å². The van der Waals surface area contributed by atoms with E-state index < -0.39 is 5.82 Å². The second kappa shape index (κ2) is 6.20. The lowest BCUT2D eigenvalue weighted by Gasteiger charge is -2.08.